The van der Waals surface area contributed by atoms with E-state index in [0.717, 1.165) is 6.42 Å². The minimum absolute atomic E-state index is 0.0497. The Bertz CT molecular complexity index is 208. The lowest BCUT2D eigenvalue weighted by molar-refractivity contribution is 0.0983. The number of methoxy groups -OCH3 is 1. The third-order valence-electron chi connectivity index (χ3n) is 4.89. The van der Waals surface area contributed by atoms with Crippen LogP contribution in [0.5, 0.6) is 0 Å². The lowest BCUT2D eigenvalue weighted by atomic mass is 10.0. The molecule has 0 bridgehead atoms. The highest BCUT2D eigenvalue weighted by Crippen LogP contribution is 2.14. The first kappa shape index (κ1) is 22.9. The average Bonchev–Trinajstić information content (AvgIpc) is 2.57. The van der Waals surface area contributed by atoms with E-state index in [4.69, 9.17) is 10.5 Å². The number of nitrogens with two attached hydrogens (primary N) is 1. The van der Waals surface area contributed by atoms with Gasteiger partial charge in [0, 0.05) is 7.11 Å². The van der Waals surface area contributed by atoms with Gasteiger partial charge >= 0.3 is 0 Å². The van der Waals surface area contributed by atoms with Crippen LogP contribution in [0.2, 0.25) is 0 Å². The van der Waals surface area contributed by atoms with E-state index in [0.29, 0.717) is 0 Å². The first-order chi connectivity index (χ1) is 11.3. The normalized spacial score (nSPS) is 12.7. The van der Waals surface area contributed by atoms with Gasteiger partial charge < -0.3 is 10.5 Å². The van der Waals surface area contributed by atoms with E-state index >= 15 is 0 Å². The van der Waals surface area contributed by atoms with Crippen LogP contribution in [0.4, 0.5) is 0 Å². The largest absolute Gasteiger partial charge is 0.367 e. The quantitative estimate of drug-likeness (QED) is 0.205. The monoisotopic (exact) mass is 327 g/mol. The van der Waals surface area contributed by atoms with Crippen molar-refractivity contribution >= 4 is 0 Å². The third kappa shape index (κ3) is 19.9. The molecule has 0 aromatic rings. The number of rotatable bonds is 19. The molecule has 0 saturated heterocycles. The van der Waals surface area contributed by atoms with Crippen molar-refractivity contribution in [2.24, 2.45) is 5.73 Å². The summed E-state index contributed by atoms with van der Waals surface area (Å²) in [6.45, 7) is 2.29. The second kappa shape index (κ2) is 20.0. The van der Waals surface area contributed by atoms with E-state index in [9.17, 15) is 0 Å². The molecule has 0 aromatic heterocycles. The SMILES string of the molecule is CCCCCCCCCCCCCCCCCCCC(N)OC. The van der Waals surface area contributed by atoms with Gasteiger partial charge in [-0.3, -0.25) is 0 Å². The van der Waals surface area contributed by atoms with Gasteiger partial charge in [0.1, 0.15) is 6.23 Å². The van der Waals surface area contributed by atoms with Gasteiger partial charge in [-0.2, -0.15) is 0 Å². The fourth-order valence-corrected chi connectivity index (χ4v) is 3.19. The van der Waals surface area contributed by atoms with Gasteiger partial charge in [0.15, 0.2) is 0 Å². The maximum atomic E-state index is 5.72. The number of ether oxygens (including phenoxy) is 1. The molecule has 0 aliphatic rings. The molecule has 0 aromatic carbocycles. The smallest absolute Gasteiger partial charge is 0.105 e. The van der Waals surface area contributed by atoms with Crippen LogP contribution >= 0.6 is 0 Å². The van der Waals surface area contributed by atoms with E-state index in [2.05, 4.69) is 6.92 Å². The zero-order valence-corrected chi connectivity index (χ0v) is 16.3. The molecule has 0 radical (unpaired) electrons. The third-order valence-corrected chi connectivity index (χ3v) is 4.89. The van der Waals surface area contributed by atoms with Crippen molar-refractivity contribution in [3.8, 4) is 0 Å². The summed E-state index contributed by atoms with van der Waals surface area (Å²) in [4.78, 5) is 0. The maximum absolute atomic E-state index is 5.72. The summed E-state index contributed by atoms with van der Waals surface area (Å²) in [5.74, 6) is 0. The van der Waals surface area contributed by atoms with E-state index in [1.807, 2.05) is 0 Å². The molecule has 0 fully saturated rings. The van der Waals surface area contributed by atoms with Crippen molar-refractivity contribution in [3.63, 3.8) is 0 Å². The highest BCUT2D eigenvalue weighted by molar-refractivity contribution is 4.52. The van der Waals surface area contributed by atoms with Crippen molar-refractivity contribution in [3.05, 3.63) is 0 Å². The predicted molar refractivity (Wildman–Crippen MR) is 104 cm³/mol. The Labute approximate surface area is 146 Å². The van der Waals surface area contributed by atoms with Crippen LogP contribution in [0.3, 0.4) is 0 Å². The van der Waals surface area contributed by atoms with Gasteiger partial charge in [-0.1, -0.05) is 110 Å². The second-order valence-corrected chi connectivity index (χ2v) is 7.22. The number of hydrogen-bond acceptors (Lipinski definition) is 2. The highest BCUT2D eigenvalue weighted by Gasteiger charge is 1.99. The van der Waals surface area contributed by atoms with Crippen molar-refractivity contribution in [1.82, 2.24) is 0 Å². The van der Waals surface area contributed by atoms with E-state index in [-0.39, 0.29) is 6.23 Å². The van der Waals surface area contributed by atoms with Crippen LogP contribution in [-0.2, 0) is 4.74 Å². The lowest BCUT2D eigenvalue weighted by Gasteiger charge is -2.08. The molecule has 0 spiro atoms. The molecule has 2 nitrogen and oxygen atoms in total. The molecular formula is C21H45NO. The fourth-order valence-electron chi connectivity index (χ4n) is 3.19. The van der Waals surface area contributed by atoms with E-state index < -0.39 is 0 Å². The fraction of sp³-hybridized carbons (Fsp3) is 1.00. The Kier molecular flexibility index (Phi) is 19.9. The second-order valence-electron chi connectivity index (χ2n) is 7.22. The molecule has 0 aliphatic carbocycles. The van der Waals surface area contributed by atoms with E-state index in [1.165, 1.54) is 109 Å². The summed E-state index contributed by atoms with van der Waals surface area (Å²) in [6.07, 6.45) is 25.1. The molecule has 23 heavy (non-hydrogen) atoms. The summed E-state index contributed by atoms with van der Waals surface area (Å²) < 4.78 is 5.06. The van der Waals surface area contributed by atoms with Gasteiger partial charge in [0.2, 0.25) is 0 Å². The minimum atomic E-state index is -0.0497. The average molecular weight is 328 g/mol. The Balaban J connectivity index is 2.97. The first-order valence-electron chi connectivity index (χ1n) is 10.6. The number of hydrogen-bond donors (Lipinski definition) is 1. The molecule has 0 aliphatic heterocycles. The van der Waals surface area contributed by atoms with Gasteiger partial charge in [-0.25, -0.2) is 0 Å². The molecule has 0 amide bonds. The highest BCUT2D eigenvalue weighted by atomic mass is 16.5. The van der Waals surface area contributed by atoms with Crippen molar-refractivity contribution in [2.75, 3.05) is 7.11 Å². The van der Waals surface area contributed by atoms with Crippen molar-refractivity contribution in [1.29, 1.82) is 0 Å². The molecule has 1 atom stereocenters. The standard InChI is InChI=1S/C21H45NO/c1-3-4-5-6-7-8-9-10-11-12-13-14-15-16-17-18-19-20-21(22)23-2/h21H,3-20,22H2,1-2H3. The molecular weight excluding hydrogens is 282 g/mol. The van der Waals surface area contributed by atoms with Gasteiger partial charge in [0.05, 0.1) is 0 Å². The summed E-state index contributed by atoms with van der Waals surface area (Å²) in [5.41, 5.74) is 5.72. The van der Waals surface area contributed by atoms with Gasteiger partial charge in [0.25, 0.3) is 0 Å². The summed E-state index contributed by atoms with van der Waals surface area (Å²) >= 11 is 0. The predicted octanol–water partition coefficient (Wildman–Crippen LogP) is 6.96. The lowest BCUT2D eigenvalue weighted by Crippen LogP contribution is -2.21. The Morgan fingerprint density at radius 3 is 1.17 bits per heavy atom. The van der Waals surface area contributed by atoms with Crippen molar-refractivity contribution < 1.29 is 4.74 Å². The van der Waals surface area contributed by atoms with Gasteiger partial charge in [-0.15, -0.1) is 0 Å². The zero-order valence-electron chi connectivity index (χ0n) is 16.3. The number of unbranched alkanes of at least 4 members (excludes halogenated alkanes) is 16. The van der Waals surface area contributed by atoms with Crippen LogP contribution in [-0.4, -0.2) is 13.3 Å². The van der Waals surface area contributed by atoms with Crippen LogP contribution in [0.15, 0.2) is 0 Å². The molecule has 2 heteroatoms. The molecule has 2 N–H and O–H groups in total. The molecule has 1 unspecified atom stereocenters. The Morgan fingerprint density at radius 1 is 0.565 bits per heavy atom. The topological polar surface area (TPSA) is 35.2 Å². The van der Waals surface area contributed by atoms with Crippen LogP contribution in [0, 0.1) is 0 Å². The van der Waals surface area contributed by atoms with Crippen LogP contribution in [0.25, 0.3) is 0 Å². The Morgan fingerprint density at radius 2 is 0.870 bits per heavy atom. The molecule has 0 heterocycles. The van der Waals surface area contributed by atoms with Crippen molar-refractivity contribution in [2.45, 2.75) is 129 Å². The summed E-state index contributed by atoms with van der Waals surface area (Å²) in [6, 6.07) is 0. The molecule has 140 valence electrons. The van der Waals surface area contributed by atoms with E-state index in [1.54, 1.807) is 7.11 Å². The Hall–Kier alpha value is -0.0800. The first-order valence-corrected chi connectivity index (χ1v) is 10.6. The molecule has 0 rings (SSSR count). The maximum Gasteiger partial charge on any atom is 0.105 e. The van der Waals surface area contributed by atoms with Crippen LogP contribution < -0.4 is 5.73 Å². The minimum Gasteiger partial charge on any atom is -0.367 e. The summed E-state index contributed by atoms with van der Waals surface area (Å²) in [7, 11) is 1.69. The molecule has 0 saturated carbocycles. The van der Waals surface area contributed by atoms with Gasteiger partial charge in [-0.05, 0) is 12.8 Å². The zero-order chi connectivity index (χ0) is 17.0. The van der Waals surface area contributed by atoms with Crippen LogP contribution in [0.1, 0.15) is 122 Å². The summed E-state index contributed by atoms with van der Waals surface area (Å²) in [5, 5.41) is 0.